The zero-order valence-electron chi connectivity index (χ0n) is 9.48. The monoisotopic (exact) mass is 208 g/mol. The lowest BCUT2D eigenvalue weighted by Crippen LogP contribution is -2.28. The van der Waals surface area contributed by atoms with Gasteiger partial charge >= 0.3 is 0 Å². The summed E-state index contributed by atoms with van der Waals surface area (Å²) < 4.78 is 0. The summed E-state index contributed by atoms with van der Waals surface area (Å²) in [6, 6.07) is 7.43. The van der Waals surface area contributed by atoms with E-state index in [2.05, 4.69) is 18.7 Å². The Balaban J connectivity index is 2.64. The Morgan fingerprint density at radius 2 is 2.00 bits per heavy atom. The molecule has 0 aliphatic carbocycles. The van der Waals surface area contributed by atoms with Crippen molar-refractivity contribution in [1.29, 1.82) is 0 Å². The minimum atomic E-state index is -0.451. The molecule has 0 saturated heterocycles. The average molecular weight is 208 g/mol. The van der Waals surface area contributed by atoms with Crippen LogP contribution < -0.4 is 5.73 Å². The van der Waals surface area contributed by atoms with E-state index in [9.17, 15) is 5.11 Å². The first-order valence-corrected chi connectivity index (χ1v) is 5.43. The summed E-state index contributed by atoms with van der Waals surface area (Å²) in [4.78, 5) is 2.19. The van der Waals surface area contributed by atoms with Crippen molar-refractivity contribution >= 4 is 5.69 Å². The summed E-state index contributed by atoms with van der Waals surface area (Å²) in [6.45, 7) is 6.76. The number of nitrogens with zero attached hydrogens (tertiary/aromatic N) is 1. The molecule has 0 fully saturated rings. The minimum Gasteiger partial charge on any atom is -0.399 e. The highest BCUT2D eigenvalue weighted by molar-refractivity contribution is 5.41. The molecule has 1 aromatic rings. The van der Waals surface area contributed by atoms with Gasteiger partial charge in [-0.1, -0.05) is 26.0 Å². The molecule has 0 radical (unpaired) electrons. The van der Waals surface area contributed by atoms with Gasteiger partial charge in [-0.15, -0.1) is 0 Å². The average Bonchev–Trinajstić information content (AvgIpc) is 2.25. The van der Waals surface area contributed by atoms with Gasteiger partial charge in [0.1, 0.15) is 0 Å². The summed E-state index contributed by atoms with van der Waals surface area (Å²) in [5.74, 6) is 0. The normalized spacial score (nSPS) is 13.1. The van der Waals surface area contributed by atoms with E-state index in [-0.39, 0.29) is 0 Å². The molecule has 0 amide bonds. The van der Waals surface area contributed by atoms with Gasteiger partial charge in [-0.25, -0.2) is 0 Å². The van der Waals surface area contributed by atoms with Crippen molar-refractivity contribution in [1.82, 2.24) is 4.90 Å². The van der Waals surface area contributed by atoms with Crippen LogP contribution in [0.15, 0.2) is 24.3 Å². The number of aliphatic hydroxyl groups is 1. The van der Waals surface area contributed by atoms with Crippen LogP contribution in [0.5, 0.6) is 0 Å². The highest BCUT2D eigenvalue weighted by atomic mass is 16.3. The van der Waals surface area contributed by atoms with E-state index in [0.717, 1.165) is 18.7 Å². The van der Waals surface area contributed by atoms with Gasteiger partial charge in [0.25, 0.3) is 0 Å². The summed E-state index contributed by atoms with van der Waals surface area (Å²) in [7, 11) is 0. The Labute approximate surface area is 91.5 Å². The number of hydrogen-bond acceptors (Lipinski definition) is 3. The fourth-order valence-corrected chi connectivity index (χ4v) is 1.60. The number of aliphatic hydroxyl groups excluding tert-OH is 1. The lowest BCUT2D eigenvalue weighted by Gasteiger charge is -2.22. The van der Waals surface area contributed by atoms with Crippen molar-refractivity contribution in [2.45, 2.75) is 20.0 Å². The number of nitrogens with two attached hydrogens (primary N) is 1. The molecule has 0 bridgehead atoms. The number of hydrogen-bond donors (Lipinski definition) is 2. The number of likely N-dealkylation sites (N-methyl/N-ethyl adjacent to an activating group) is 1. The quantitative estimate of drug-likeness (QED) is 0.723. The maximum atomic E-state index is 9.98. The first-order valence-electron chi connectivity index (χ1n) is 5.43. The fraction of sp³-hybridized carbons (Fsp3) is 0.500. The predicted molar refractivity (Wildman–Crippen MR) is 63.6 cm³/mol. The molecule has 0 aliphatic rings. The van der Waals surface area contributed by atoms with E-state index in [1.807, 2.05) is 24.3 Å². The van der Waals surface area contributed by atoms with Crippen molar-refractivity contribution in [2.75, 3.05) is 25.4 Å². The van der Waals surface area contributed by atoms with Gasteiger partial charge in [0.05, 0.1) is 6.10 Å². The Hall–Kier alpha value is -1.06. The highest BCUT2D eigenvalue weighted by Gasteiger charge is 2.10. The Morgan fingerprint density at radius 1 is 1.33 bits per heavy atom. The first-order chi connectivity index (χ1) is 7.17. The van der Waals surface area contributed by atoms with Crippen molar-refractivity contribution in [2.24, 2.45) is 0 Å². The van der Waals surface area contributed by atoms with E-state index in [1.165, 1.54) is 0 Å². The Bertz CT molecular complexity index is 297. The van der Waals surface area contributed by atoms with E-state index >= 15 is 0 Å². The van der Waals surface area contributed by atoms with Crippen LogP contribution >= 0.6 is 0 Å². The zero-order valence-corrected chi connectivity index (χ0v) is 9.48. The van der Waals surface area contributed by atoms with Crippen molar-refractivity contribution in [3.8, 4) is 0 Å². The van der Waals surface area contributed by atoms with Crippen LogP contribution in [-0.2, 0) is 0 Å². The zero-order chi connectivity index (χ0) is 11.3. The van der Waals surface area contributed by atoms with Crippen molar-refractivity contribution in [3.63, 3.8) is 0 Å². The third-order valence-electron chi connectivity index (χ3n) is 2.62. The molecule has 0 aromatic heterocycles. The molecular weight excluding hydrogens is 188 g/mol. The lowest BCUT2D eigenvalue weighted by molar-refractivity contribution is 0.119. The number of rotatable bonds is 5. The van der Waals surface area contributed by atoms with Gasteiger partial charge in [0.15, 0.2) is 0 Å². The van der Waals surface area contributed by atoms with Gasteiger partial charge in [-0.3, -0.25) is 0 Å². The maximum Gasteiger partial charge on any atom is 0.0917 e. The summed E-state index contributed by atoms with van der Waals surface area (Å²) in [6.07, 6.45) is -0.451. The molecule has 1 unspecified atom stereocenters. The van der Waals surface area contributed by atoms with Crippen LogP contribution in [0.2, 0.25) is 0 Å². The van der Waals surface area contributed by atoms with E-state index in [0.29, 0.717) is 12.2 Å². The third-order valence-corrected chi connectivity index (χ3v) is 2.62. The van der Waals surface area contributed by atoms with Crippen molar-refractivity contribution < 1.29 is 5.11 Å². The lowest BCUT2D eigenvalue weighted by atomic mass is 10.1. The van der Waals surface area contributed by atoms with Crippen LogP contribution in [-0.4, -0.2) is 29.6 Å². The first kappa shape index (κ1) is 12.0. The standard InChI is InChI=1S/C12H20N2O/c1-3-14(4-2)9-12(15)10-6-5-7-11(13)8-10/h5-8,12,15H,3-4,9,13H2,1-2H3. The topological polar surface area (TPSA) is 49.5 Å². The van der Waals surface area contributed by atoms with Crippen LogP contribution in [0.4, 0.5) is 5.69 Å². The summed E-state index contributed by atoms with van der Waals surface area (Å²) in [5, 5.41) is 9.98. The molecule has 3 N–H and O–H groups in total. The highest BCUT2D eigenvalue weighted by Crippen LogP contribution is 2.16. The van der Waals surface area contributed by atoms with Gasteiger partial charge in [0.2, 0.25) is 0 Å². The molecule has 15 heavy (non-hydrogen) atoms. The van der Waals surface area contributed by atoms with Crippen LogP contribution in [0.3, 0.4) is 0 Å². The second kappa shape index (κ2) is 5.73. The Morgan fingerprint density at radius 3 is 2.53 bits per heavy atom. The summed E-state index contributed by atoms with van der Waals surface area (Å²) >= 11 is 0. The van der Waals surface area contributed by atoms with Crippen LogP contribution in [0, 0.1) is 0 Å². The molecule has 0 heterocycles. The molecule has 1 aromatic carbocycles. The van der Waals surface area contributed by atoms with Gasteiger partial charge < -0.3 is 15.7 Å². The third kappa shape index (κ3) is 3.53. The Kier molecular flexibility index (Phi) is 4.59. The van der Waals surface area contributed by atoms with Gasteiger partial charge in [0, 0.05) is 12.2 Å². The van der Waals surface area contributed by atoms with Crippen LogP contribution in [0.25, 0.3) is 0 Å². The number of benzene rings is 1. The maximum absolute atomic E-state index is 9.98. The smallest absolute Gasteiger partial charge is 0.0917 e. The fourth-order valence-electron chi connectivity index (χ4n) is 1.60. The molecule has 3 heteroatoms. The molecule has 0 saturated carbocycles. The SMILES string of the molecule is CCN(CC)CC(O)c1cccc(N)c1. The summed E-state index contributed by atoms with van der Waals surface area (Å²) in [5.41, 5.74) is 7.26. The second-order valence-corrected chi connectivity index (χ2v) is 3.67. The van der Waals surface area contributed by atoms with E-state index in [1.54, 1.807) is 0 Å². The minimum absolute atomic E-state index is 0.451. The van der Waals surface area contributed by atoms with E-state index in [4.69, 9.17) is 5.73 Å². The molecule has 0 aliphatic heterocycles. The van der Waals surface area contributed by atoms with Gasteiger partial charge in [-0.05, 0) is 30.8 Å². The number of nitrogen functional groups attached to an aromatic ring is 1. The molecule has 3 nitrogen and oxygen atoms in total. The predicted octanol–water partition coefficient (Wildman–Crippen LogP) is 1.64. The van der Waals surface area contributed by atoms with Crippen LogP contribution in [0.1, 0.15) is 25.5 Å². The molecular formula is C12H20N2O. The largest absolute Gasteiger partial charge is 0.399 e. The second-order valence-electron chi connectivity index (χ2n) is 3.67. The molecule has 1 rings (SSSR count). The molecule has 0 spiro atoms. The molecule has 1 atom stereocenters. The number of anilines is 1. The van der Waals surface area contributed by atoms with E-state index < -0.39 is 6.10 Å². The van der Waals surface area contributed by atoms with Crippen molar-refractivity contribution in [3.05, 3.63) is 29.8 Å². The van der Waals surface area contributed by atoms with Gasteiger partial charge in [-0.2, -0.15) is 0 Å². The molecule has 84 valence electrons.